The molecule has 0 aromatic rings. The van der Waals surface area contributed by atoms with E-state index >= 15 is 0 Å². The molecule has 2 atom stereocenters. The minimum atomic E-state index is -0.255. The van der Waals surface area contributed by atoms with Crippen LogP contribution >= 0.6 is 22.6 Å². The molecule has 0 saturated carbocycles. The highest BCUT2D eigenvalue weighted by Gasteiger charge is 2.27. The summed E-state index contributed by atoms with van der Waals surface area (Å²) in [5, 5.41) is 2.68. The molecule has 4 heteroatoms. The minimum Gasteiger partial charge on any atom is -0.445 e. The third kappa shape index (κ3) is 3.70. The topological polar surface area (TPSA) is 38.3 Å². The molecular weight excluding hydrogens is 281 g/mol. The van der Waals surface area contributed by atoms with E-state index in [1.165, 1.54) is 12.8 Å². The van der Waals surface area contributed by atoms with Gasteiger partial charge in [-0.3, -0.25) is 0 Å². The van der Waals surface area contributed by atoms with E-state index in [4.69, 9.17) is 4.74 Å². The van der Waals surface area contributed by atoms with Crippen LogP contribution in [0.1, 0.15) is 32.6 Å². The first-order chi connectivity index (χ1) is 6.24. The molecule has 13 heavy (non-hydrogen) atoms. The molecular formula is C9H16INO2. The second-order valence-electron chi connectivity index (χ2n) is 3.34. The van der Waals surface area contributed by atoms with Crippen LogP contribution in [-0.2, 0) is 4.74 Å². The first-order valence-corrected chi connectivity index (χ1v) is 6.07. The van der Waals surface area contributed by atoms with E-state index in [9.17, 15) is 4.79 Å². The molecule has 1 unspecified atom stereocenters. The van der Waals surface area contributed by atoms with Crippen LogP contribution in [0.4, 0.5) is 4.79 Å². The molecule has 1 N–H and O–H groups in total. The third-order valence-electron chi connectivity index (χ3n) is 2.20. The standard InChI is InChI=1S/C9H16INO2/c1-2-3-4-5-8-7(10)6-11-9(12)13-8/h7-8H,2-6H2,1H3,(H,11,12)/t7-,8?/m1/s1. The molecule has 1 saturated heterocycles. The average molecular weight is 297 g/mol. The van der Waals surface area contributed by atoms with Gasteiger partial charge in [-0.25, -0.2) is 4.79 Å². The van der Waals surface area contributed by atoms with Gasteiger partial charge >= 0.3 is 6.09 Å². The number of hydrogen-bond acceptors (Lipinski definition) is 2. The molecule has 1 rings (SSSR count). The number of carbonyl (C=O) groups excluding carboxylic acids is 1. The van der Waals surface area contributed by atoms with Crippen molar-refractivity contribution in [2.75, 3.05) is 6.54 Å². The van der Waals surface area contributed by atoms with Crippen LogP contribution in [0.2, 0.25) is 0 Å². The van der Waals surface area contributed by atoms with Gasteiger partial charge in [-0.15, -0.1) is 0 Å². The highest BCUT2D eigenvalue weighted by Crippen LogP contribution is 2.19. The van der Waals surface area contributed by atoms with Crippen LogP contribution < -0.4 is 5.32 Å². The lowest BCUT2D eigenvalue weighted by atomic mass is 10.1. The van der Waals surface area contributed by atoms with Crippen molar-refractivity contribution in [2.24, 2.45) is 0 Å². The Morgan fingerprint density at radius 1 is 1.62 bits per heavy atom. The number of rotatable bonds is 4. The monoisotopic (exact) mass is 297 g/mol. The first kappa shape index (κ1) is 11.1. The predicted octanol–water partition coefficient (Wildman–Crippen LogP) is 2.48. The third-order valence-corrected chi connectivity index (χ3v) is 3.44. The zero-order chi connectivity index (χ0) is 9.68. The molecule has 1 aliphatic rings. The quantitative estimate of drug-likeness (QED) is 0.492. The van der Waals surface area contributed by atoms with Crippen molar-refractivity contribution in [1.29, 1.82) is 0 Å². The summed E-state index contributed by atoms with van der Waals surface area (Å²) in [6.45, 7) is 2.92. The van der Waals surface area contributed by atoms with Gasteiger partial charge in [0.1, 0.15) is 6.10 Å². The molecule has 0 spiro atoms. The van der Waals surface area contributed by atoms with Gasteiger partial charge in [-0.2, -0.15) is 0 Å². The van der Waals surface area contributed by atoms with Gasteiger partial charge in [0.15, 0.2) is 0 Å². The van der Waals surface area contributed by atoms with E-state index in [-0.39, 0.29) is 12.2 Å². The Kier molecular flexibility index (Phi) is 4.83. The molecule has 1 fully saturated rings. The van der Waals surface area contributed by atoms with Crippen LogP contribution in [0.25, 0.3) is 0 Å². The summed E-state index contributed by atoms with van der Waals surface area (Å²) in [4.78, 5) is 10.9. The number of unbranched alkanes of at least 4 members (excludes halogenated alkanes) is 2. The summed E-state index contributed by atoms with van der Waals surface area (Å²) < 4.78 is 5.61. The van der Waals surface area contributed by atoms with E-state index in [0.29, 0.717) is 3.92 Å². The number of nitrogens with one attached hydrogen (secondary N) is 1. The number of alkyl carbamates (subject to hydrolysis) is 1. The largest absolute Gasteiger partial charge is 0.445 e. The zero-order valence-corrected chi connectivity index (χ0v) is 10.0. The Bertz CT molecular complexity index is 175. The van der Waals surface area contributed by atoms with Crippen molar-refractivity contribution in [1.82, 2.24) is 5.32 Å². The summed E-state index contributed by atoms with van der Waals surface area (Å²) in [6.07, 6.45) is 4.48. The van der Waals surface area contributed by atoms with Crippen molar-refractivity contribution >= 4 is 28.7 Å². The van der Waals surface area contributed by atoms with E-state index in [1.807, 2.05) is 0 Å². The van der Waals surface area contributed by atoms with Gasteiger partial charge in [0.25, 0.3) is 0 Å². The molecule has 1 heterocycles. The second kappa shape index (κ2) is 5.67. The SMILES string of the molecule is CCCCCC1OC(=O)NC[C@H]1I. The fraction of sp³-hybridized carbons (Fsp3) is 0.889. The normalized spacial score (nSPS) is 28.0. The Hall–Kier alpha value is 0. The van der Waals surface area contributed by atoms with Gasteiger partial charge in [0, 0.05) is 6.54 Å². The summed E-state index contributed by atoms with van der Waals surface area (Å²) in [6, 6.07) is 0. The maximum absolute atomic E-state index is 10.9. The maximum Gasteiger partial charge on any atom is 0.407 e. The molecule has 0 aliphatic carbocycles. The van der Waals surface area contributed by atoms with Crippen LogP contribution in [0.3, 0.4) is 0 Å². The highest BCUT2D eigenvalue weighted by atomic mass is 127. The summed E-state index contributed by atoms with van der Waals surface area (Å²) in [7, 11) is 0. The van der Waals surface area contributed by atoms with E-state index in [2.05, 4.69) is 34.8 Å². The number of hydrogen-bond donors (Lipinski definition) is 1. The Morgan fingerprint density at radius 2 is 2.38 bits per heavy atom. The fourth-order valence-corrected chi connectivity index (χ4v) is 2.13. The highest BCUT2D eigenvalue weighted by molar-refractivity contribution is 14.1. The van der Waals surface area contributed by atoms with Crippen LogP contribution in [-0.4, -0.2) is 22.7 Å². The number of ether oxygens (including phenoxy) is 1. The van der Waals surface area contributed by atoms with Gasteiger partial charge in [-0.05, 0) is 12.8 Å². The predicted molar refractivity (Wildman–Crippen MR) is 60.2 cm³/mol. The van der Waals surface area contributed by atoms with Gasteiger partial charge in [-0.1, -0.05) is 42.4 Å². The van der Waals surface area contributed by atoms with Crippen molar-refractivity contribution in [3.8, 4) is 0 Å². The Morgan fingerprint density at radius 3 is 3.08 bits per heavy atom. The van der Waals surface area contributed by atoms with E-state index in [1.54, 1.807) is 0 Å². The van der Waals surface area contributed by atoms with E-state index < -0.39 is 0 Å². The van der Waals surface area contributed by atoms with Crippen molar-refractivity contribution in [3.63, 3.8) is 0 Å². The maximum atomic E-state index is 10.9. The molecule has 3 nitrogen and oxygen atoms in total. The molecule has 1 amide bonds. The average Bonchev–Trinajstić information content (AvgIpc) is 2.11. The fourth-order valence-electron chi connectivity index (χ4n) is 1.40. The van der Waals surface area contributed by atoms with Crippen LogP contribution in [0.15, 0.2) is 0 Å². The lowest BCUT2D eigenvalue weighted by molar-refractivity contribution is 0.0748. The van der Waals surface area contributed by atoms with Crippen LogP contribution in [0.5, 0.6) is 0 Å². The second-order valence-corrected chi connectivity index (χ2v) is 4.94. The molecule has 0 aromatic carbocycles. The minimum absolute atomic E-state index is 0.126. The zero-order valence-electron chi connectivity index (χ0n) is 7.88. The number of amides is 1. The lowest BCUT2D eigenvalue weighted by Gasteiger charge is -2.28. The first-order valence-electron chi connectivity index (χ1n) is 4.82. The smallest absolute Gasteiger partial charge is 0.407 e. The molecule has 76 valence electrons. The molecule has 0 radical (unpaired) electrons. The van der Waals surface area contributed by atoms with Gasteiger partial charge in [0.2, 0.25) is 0 Å². The molecule has 0 aromatic heterocycles. The summed E-state index contributed by atoms with van der Waals surface area (Å²) >= 11 is 2.34. The molecule has 0 bridgehead atoms. The van der Waals surface area contributed by atoms with Crippen molar-refractivity contribution < 1.29 is 9.53 Å². The Balaban J connectivity index is 2.25. The summed E-state index contributed by atoms with van der Waals surface area (Å²) in [5.41, 5.74) is 0. The van der Waals surface area contributed by atoms with E-state index in [0.717, 1.165) is 19.4 Å². The van der Waals surface area contributed by atoms with Crippen LogP contribution in [0, 0.1) is 0 Å². The Labute approximate surface area is 92.7 Å². The number of halogens is 1. The van der Waals surface area contributed by atoms with Gasteiger partial charge in [0.05, 0.1) is 3.92 Å². The molecule has 1 aliphatic heterocycles. The van der Waals surface area contributed by atoms with Crippen molar-refractivity contribution in [2.45, 2.75) is 42.6 Å². The van der Waals surface area contributed by atoms with Crippen molar-refractivity contribution in [3.05, 3.63) is 0 Å². The lowest BCUT2D eigenvalue weighted by Crippen LogP contribution is -2.45. The number of alkyl halides is 1. The summed E-state index contributed by atoms with van der Waals surface area (Å²) in [5.74, 6) is 0. The number of cyclic esters (lactones) is 1. The number of carbonyl (C=O) groups is 1. The van der Waals surface area contributed by atoms with Gasteiger partial charge < -0.3 is 10.1 Å².